The first kappa shape index (κ1) is 11.7. The molecule has 15 heavy (non-hydrogen) atoms. The Kier molecular flexibility index (Phi) is 3.12. The summed E-state index contributed by atoms with van der Waals surface area (Å²) in [7, 11) is 2.59. The van der Waals surface area contributed by atoms with Crippen molar-refractivity contribution in [2.24, 2.45) is 0 Å². The number of methoxy groups -OCH3 is 2. The van der Waals surface area contributed by atoms with Gasteiger partial charge in [0.15, 0.2) is 0 Å². The number of aryl methyl sites for hydroxylation is 1. The Bertz CT molecular complexity index is 358. The standard InChI is InChI=1S/C10H11F3O2/c1-6-4-7(14-2)5-8(15-3)9(6)10(11,12)13/h4-5H,1-3H3. The van der Waals surface area contributed by atoms with E-state index in [2.05, 4.69) is 0 Å². The zero-order valence-corrected chi connectivity index (χ0v) is 8.61. The van der Waals surface area contributed by atoms with Gasteiger partial charge in [-0.15, -0.1) is 0 Å². The molecule has 2 nitrogen and oxygen atoms in total. The normalized spacial score (nSPS) is 11.3. The fourth-order valence-electron chi connectivity index (χ4n) is 1.37. The molecule has 0 N–H and O–H groups in total. The Balaban J connectivity index is 3.38. The molecule has 0 aliphatic carbocycles. The van der Waals surface area contributed by atoms with Crippen molar-refractivity contribution in [3.8, 4) is 11.5 Å². The molecule has 1 rings (SSSR count). The van der Waals surface area contributed by atoms with Crippen molar-refractivity contribution < 1.29 is 22.6 Å². The third kappa shape index (κ3) is 2.34. The molecule has 5 heteroatoms. The molecule has 0 fully saturated rings. The molecule has 0 spiro atoms. The summed E-state index contributed by atoms with van der Waals surface area (Å²) in [6.07, 6.45) is -4.41. The van der Waals surface area contributed by atoms with Gasteiger partial charge in [0.2, 0.25) is 0 Å². The molecular formula is C10H11F3O2. The van der Waals surface area contributed by atoms with Crippen LogP contribution in [0.15, 0.2) is 12.1 Å². The highest BCUT2D eigenvalue weighted by atomic mass is 19.4. The van der Waals surface area contributed by atoms with E-state index < -0.39 is 11.7 Å². The van der Waals surface area contributed by atoms with Gasteiger partial charge in [0.25, 0.3) is 0 Å². The third-order valence-electron chi connectivity index (χ3n) is 2.01. The Morgan fingerprint density at radius 1 is 1.07 bits per heavy atom. The van der Waals surface area contributed by atoms with Gasteiger partial charge in [0, 0.05) is 6.07 Å². The fraction of sp³-hybridized carbons (Fsp3) is 0.400. The first-order chi connectivity index (χ1) is 6.90. The van der Waals surface area contributed by atoms with Crippen molar-refractivity contribution in [2.45, 2.75) is 13.1 Å². The number of hydrogen-bond acceptors (Lipinski definition) is 2. The van der Waals surface area contributed by atoms with E-state index in [1.54, 1.807) is 0 Å². The van der Waals surface area contributed by atoms with E-state index in [0.29, 0.717) is 5.75 Å². The van der Waals surface area contributed by atoms with Gasteiger partial charge in [-0.05, 0) is 18.6 Å². The highest BCUT2D eigenvalue weighted by Gasteiger charge is 2.36. The van der Waals surface area contributed by atoms with Crippen LogP contribution in [0.5, 0.6) is 11.5 Å². The molecule has 0 atom stereocenters. The lowest BCUT2D eigenvalue weighted by atomic mass is 10.1. The van der Waals surface area contributed by atoms with E-state index in [9.17, 15) is 13.2 Å². The largest absolute Gasteiger partial charge is 0.497 e. The first-order valence-electron chi connectivity index (χ1n) is 4.20. The van der Waals surface area contributed by atoms with Crippen LogP contribution in [0.4, 0.5) is 13.2 Å². The monoisotopic (exact) mass is 220 g/mol. The van der Waals surface area contributed by atoms with Crippen molar-refractivity contribution in [2.75, 3.05) is 14.2 Å². The molecule has 1 aromatic carbocycles. The molecule has 84 valence electrons. The molecule has 0 aliphatic heterocycles. The predicted octanol–water partition coefficient (Wildman–Crippen LogP) is 3.03. The van der Waals surface area contributed by atoms with Crippen LogP contribution in [-0.4, -0.2) is 14.2 Å². The molecule has 0 saturated heterocycles. The number of rotatable bonds is 2. The number of ether oxygens (including phenoxy) is 2. The number of hydrogen-bond donors (Lipinski definition) is 0. The van der Waals surface area contributed by atoms with Crippen molar-refractivity contribution in [3.05, 3.63) is 23.3 Å². The zero-order chi connectivity index (χ0) is 11.6. The minimum atomic E-state index is -4.41. The van der Waals surface area contributed by atoms with Crippen molar-refractivity contribution in [1.29, 1.82) is 0 Å². The maximum Gasteiger partial charge on any atom is 0.420 e. The van der Waals surface area contributed by atoms with E-state index in [0.717, 1.165) is 0 Å². The van der Waals surface area contributed by atoms with Crippen LogP contribution in [0.25, 0.3) is 0 Å². The number of benzene rings is 1. The zero-order valence-electron chi connectivity index (χ0n) is 8.61. The minimum absolute atomic E-state index is 0.0821. The average molecular weight is 220 g/mol. The van der Waals surface area contributed by atoms with Crippen LogP contribution in [0.3, 0.4) is 0 Å². The number of alkyl halides is 3. The highest BCUT2D eigenvalue weighted by molar-refractivity contribution is 5.47. The lowest BCUT2D eigenvalue weighted by Crippen LogP contribution is -2.10. The lowest BCUT2D eigenvalue weighted by Gasteiger charge is -2.15. The topological polar surface area (TPSA) is 18.5 Å². The summed E-state index contributed by atoms with van der Waals surface area (Å²) in [6.45, 7) is 1.37. The van der Waals surface area contributed by atoms with Crippen LogP contribution in [0.2, 0.25) is 0 Å². The number of halogens is 3. The quantitative estimate of drug-likeness (QED) is 0.762. The molecule has 0 radical (unpaired) electrons. The Labute approximate surface area is 85.6 Å². The maximum atomic E-state index is 12.6. The summed E-state index contributed by atoms with van der Waals surface area (Å²) in [5, 5.41) is 0. The summed E-state index contributed by atoms with van der Waals surface area (Å²) < 4.78 is 47.4. The molecule has 0 amide bonds. The molecule has 0 aromatic heterocycles. The van der Waals surface area contributed by atoms with Crippen LogP contribution >= 0.6 is 0 Å². The maximum absolute atomic E-state index is 12.6. The molecule has 0 bridgehead atoms. The smallest absolute Gasteiger partial charge is 0.420 e. The predicted molar refractivity (Wildman–Crippen MR) is 49.3 cm³/mol. The summed E-state index contributed by atoms with van der Waals surface area (Å²) >= 11 is 0. The van der Waals surface area contributed by atoms with Gasteiger partial charge in [0.1, 0.15) is 17.1 Å². The molecule has 0 aliphatic rings. The SMILES string of the molecule is COc1cc(C)c(C(F)(F)F)c(OC)c1. The van der Waals surface area contributed by atoms with Crippen molar-refractivity contribution >= 4 is 0 Å². The van der Waals surface area contributed by atoms with E-state index >= 15 is 0 Å². The highest BCUT2D eigenvalue weighted by Crippen LogP contribution is 2.40. The Morgan fingerprint density at radius 3 is 2.07 bits per heavy atom. The van der Waals surface area contributed by atoms with Crippen LogP contribution in [0.1, 0.15) is 11.1 Å². The molecule has 0 unspecified atom stereocenters. The van der Waals surface area contributed by atoms with E-state index in [4.69, 9.17) is 9.47 Å². The summed E-state index contributed by atoms with van der Waals surface area (Å²) in [6, 6.07) is 2.54. The second-order valence-corrected chi connectivity index (χ2v) is 3.02. The third-order valence-corrected chi connectivity index (χ3v) is 2.01. The van der Waals surface area contributed by atoms with Crippen molar-refractivity contribution in [3.63, 3.8) is 0 Å². The summed E-state index contributed by atoms with van der Waals surface area (Å²) in [4.78, 5) is 0. The van der Waals surface area contributed by atoms with E-state index in [-0.39, 0.29) is 11.3 Å². The van der Waals surface area contributed by atoms with Crippen LogP contribution < -0.4 is 9.47 Å². The average Bonchev–Trinajstić information content (AvgIpc) is 2.14. The van der Waals surface area contributed by atoms with Gasteiger partial charge in [0.05, 0.1) is 14.2 Å². The minimum Gasteiger partial charge on any atom is -0.497 e. The first-order valence-corrected chi connectivity index (χ1v) is 4.20. The molecular weight excluding hydrogens is 209 g/mol. The summed E-state index contributed by atoms with van der Waals surface area (Å²) in [5.74, 6) is 0.122. The van der Waals surface area contributed by atoms with Gasteiger partial charge in [-0.25, -0.2) is 0 Å². The summed E-state index contributed by atoms with van der Waals surface area (Å²) in [5.41, 5.74) is -0.676. The van der Waals surface area contributed by atoms with Gasteiger partial charge < -0.3 is 9.47 Å². The lowest BCUT2D eigenvalue weighted by molar-refractivity contribution is -0.139. The Morgan fingerprint density at radius 2 is 1.67 bits per heavy atom. The van der Waals surface area contributed by atoms with Crippen molar-refractivity contribution in [1.82, 2.24) is 0 Å². The second-order valence-electron chi connectivity index (χ2n) is 3.02. The molecule has 1 aromatic rings. The van der Waals surface area contributed by atoms with Crippen LogP contribution in [-0.2, 0) is 6.18 Å². The Hall–Kier alpha value is -1.39. The van der Waals surface area contributed by atoms with Gasteiger partial charge >= 0.3 is 6.18 Å². The molecule has 0 heterocycles. The van der Waals surface area contributed by atoms with Gasteiger partial charge in [-0.2, -0.15) is 13.2 Å². The second kappa shape index (κ2) is 4.00. The van der Waals surface area contributed by atoms with E-state index in [1.807, 2.05) is 0 Å². The van der Waals surface area contributed by atoms with Gasteiger partial charge in [-0.1, -0.05) is 0 Å². The van der Waals surface area contributed by atoms with Gasteiger partial charge in [-0.3, -0.25) is 0 Å². The molecule has 0 saturated carbocycles. The fourth-order valence-corrected chi connectivity index (χ4v) is 1.37. The van der Waals surface area contributed by atoms with E-state index in [1.165, 1.54) is 33.3 Å². The van der Waals surface area contributed by atoms with Crippen LogP contribution in [0, 0.1) is 6.92 Å².